The van der Waals surface area contributed by atoms with Crippen molar-refractivity contribution in [3.63, 3.8) is 0 Å². The summed E-state index contributed by atoms with van der Waals surface area (Å²) in [5.74, 6) is 3.03. The Balaban J connectivity index is 1.36. The molecule has 0 aromatic carbocycles. The lowest BCUT2D eigenvalue weighted by Crippen LogP contribution is -2.51. The number of anilines is 1. The number of carbonyl (C=O) groups excluding carboxylic acids is 1. The summed E-state index contributed by atoms with van der Waals surface area (Å²) < 4.78 is 0. The van der Waals surface area contributed by atoms with Crippen molar-refractivity contribution in [2.24, 2.45) is 17.8 Å². The molecule has 5 nitrogen and oxygen atoms in total. The van der Waals surface area contributed by atoms with E-state index < -0.39 is 0 Å². The molecule has 1 aromatic rings. The minimum atomic E-state index is 0.322. The number of piperazine rings is 1. The zero-order valence-electron chi connectivity index (χ0n) is 12.3. The molecule has 5 heteroatoms. The Morgan fingerprint density at radius 1 is 1.05 bits per heavy atom. The van der Waals surface area contributed by atoms with E-state index in [1.54, 1.807) is 12.4 Å². The molecule has 1 amide bonds. The first kappa shape index (κ1) is 13.0. The van der Waals surface area contributed by atoms with E-state index >= 15 is 0 Å². The van der Waals surface area contributed by atoms with Gasteiger partial charge in [-0.1, -0.05) is 6.42 Å². The van der Waals surface area contributed by atoms with Gasteiger partial charge in [0.25, 0.3) is 0 Å². The van der Waals surface area contributed by atoms with Crippen molar-refractivity contribution in [1.29, 1.82) is 0 Å². The molecular formula is C16H22N4O. The zero-order chi connectivity index (χ0) is 14.2. The van der Waals surface area contributed by atoms with E-state index in [0.717, 1.165) is 44.5 Å². The summed E-state index contributed by atoms with van der Waals surface area (Å²) >= 11 is 0. The molecule has 2 bridgehead atoms. The van der Waals surface area contributed by atoms with Crippen LogP contribution in [0.25, 0.3) is 0 Å². The molecule has 1 aromatic heterocycles. The molecule has 3 aliphatic rings. The number of rotatable bonds is 2. The minimum absolute atomic E-state index is 0.322. The fourth-order valence-corrected chi connectivity index (χ4v) is 4.36. The summed E-state index contributed by atoms with van der Waals surface area (Å²) in [4.78, 5) is 25.5. The normalized spacial score (nSPS) is 31.7. The van der Waals surface area contributed by atoms with Gasteiger partial charge < -0.3 is 9.80 Å². The SMILES string of the molecule is O=C([C@H]1C[C@H]2CC[C@H]1C2)N1CCN(c2ncccn2)CC1. The van der Waals surface area contributed by atoms with Crippen LogP contribution in [0.1, 0.15) is 25.7 Å². The summed E-state index contributed by atoms with van der Waals surface area (Å²) in [6.45, 7) is 3.31. The molecule has 1 aliphatic heterocycles. The summed E-state index contributed by atoms with van der Waals surface area (Å²) in [5.41, 5.74) is 0. The summed E-state index contributed by atoms with van der Waals surface area (Å²) in [6.07, 6.45) is 8.62. The van der Waals surface area contributed by atoms with Gasteiger partial charge in [-0.2, -0.15) is 0 Å². The van der Waals surface area contributed by atoms with Crippen LogP contribution in [0.2, 0.25) is 0 Å². The summed E-state index contributed by atoms with van der Waals surface area (Å²) in [6, 6.07) is 1.83. The van der Waals surface area contributed by atoms with Gasteiger partial charge in [-0.15, -0.1) is 0 Å². The van der Waals surface area contributed by atoms with Gasteiger partial charge in [0.1, 0.15) is 0 Å². The molecule has 3 atom stereocenters. The van der Waals surface area contributed by atoms with E-state index in [0.29, 0.717) is 17.7 Å². The smallest absolute Gasteiger partial charge is 0.226 e. The van der Waals surface area contributed by atoms with Gasteiger partial charge in [0.15, 0.2) is 0 Å². The van der Waals surface area contributed by atoms with Crippen LogP contribution in [0, 0.1) is 17.8 Å². The maximum Gasteiger partial charge on any atom is 0.226 e. The Hall–Kier alpha value is -1.65. The van der Waals surface area contributed by atoms with Crippen molar-refractivity contribution in [1.82, 2.24) is 14.9 Å². The number of aromatic nitrogens is 2. The van der Waals surface area contributed by atoms with Gasteiger partial charge in [0.2, 0.25) is 11.9 Å². The Kier molecular flexibility index (Phi) is 3.28. The number of fused-ring (bicyclic) bond motifs is 2. The number of hydrogen-bond acceptors (Lipinski definition) is 4. The van der Waals surface area contributed by atoms with Gasteiger partial charge in [-0.25, -0.2) is 9.97 Å². The molecule has 2 heterocycles. The van der Waals surface area contributed by atoms with Crippen molar-refractivity contribution in [3.05, 3.63) is 18.5 Å². The maximum atomic E-state index is 12.7. The van der Waals surface area contributed by atoms with Gasteiger partial charge in [0.05, 0.1) is 0 Å². The van der Waals surface area contributed by atoms with Crippen molar-refractivity contribution in [3.8, 4) is 0 Å². The first-order chi connectivity index (χ1) is 10.3. The van der Waals surface area contributed by atoms with Crippen molar-refractivity contribution >= 4 is 11.9 Å². The average Bonchev–Trinajstić information content (AvgIpc) is 3.18. The summed E-state index contributed by atoms with van der Waals surface area (Å²) in [5, 5.41) is 0. The van der Waals surface area contributed by atoms with Crippen LogP contribution in [0.3, 0.4) is 0 Å². The van der Waals surface area contributed by atoms with Crippen LogP contribution in [0.15, 0.2) is 18.5 Å². The molecule has 0 radical (unpaired) electrons. The van der Waals surface area contributed by atoms with Gasteiger partial charge in [-0.05, 0) is 37.2 Å². The number of carbonyl (C=O) groups is 1. The molecule has 2 aliphatic carbocycles. The predicted molar refractivity (Wildman–Crippen MR) is 79.8 cm³/mol. The fourth-order valence-electron chi connectivity index (χ4n) is 4.36. The highest BCUT2D eigenvalue weighted by molar-refractivity contribution is 5.80. The standard InChI is InChI=1S/C16H22N4O/c21-15(14-11-12-2-3-13(14)10-12)19-6-8-20(9-7-19)16-17-4-1-5-18-16/h1,4-5,12-14H,2-3,6-11H2/t12-,13-,14-/m0/s1. The van der Waals surface area contributed by atoms with Crippen LogP contribution in [0.4, 0.5) is 5.95 Å². The highest BCUT2D eigenvalue weighted by Crippen LogP contribution is 2.48. The third-order valence-corrected chi connectivity index (χ3v) is 5.48. The molecule has 4 rings (SSSR count). The second-order valence-corrected chi connectivity index (χ2v) is 6.64. The fraction of sp³-hybridized carbons (Fsp3) is 0.688. The second kappa shape index (κ2) is 5.28. The summed E-state index contributed by atoms with van der Waals surface area (Å²) in [7, 11) is 0. The molecule has 0 N–H and O–H groups in total. The van der Waals surface area contributed by atoms with E-state index in [2.05, 4.69) is 19.8 Å². The lowest BCUT2D eigenvalue weighted by Gasteiger charge is -2.37. The third-order valence-electron chi connectivity index (χ3n) is 5.48. The van der Waals surface area contributed by atoms with Crippen molar-refractivity contribution < 1.29 is 4.79 Å². The van der Waals surface area contributed by atoms with E-state index in [9.17, 15) is 4.79 Å². The molecule has 112 valence electrons. The maximum absolute atomic E-state index is 12.7. The Bertz CT molecular complexity index is 512. The molecule has 2 saturated carbocycles. The van der Waals surface area contributed by atoms with Crippen LogP contribution < -0.4 is 4.90 Å². The molecule has 0 spiro atoms. The number of nitrogens with zero attached hydrogens (tertiary/aromatic N) is 4. The Morgan fingerprint density at radius 3 is 2.43 bits per heavy atom. The van der Waals surface area contributed by atoms with E-state index in [1.165, 1.54) is 19.3 Å². The van der Waals surface area contributed by atoms with Crippen LogP contribution >= 0.6 is 0 Å². The van der Waals surface area contributed by atoms with Crippen molar-refractivity contribution in [2.75, 3.05) is 31.1 Å². The predicted octanol–water partition coefficient (Wildman–Crippen LogP) is 1.56. The topological polar surface area (TPSA) is 49.3 Å². The van der Waals surface area contributed by atoms with E-state index in [4.69, 9.17) is 0 Å². The Labute approximate surface area is 125 Å². The Morgan fingerprint density at radius 2 is 1.81 bits per heavy atom. The lowest BCUT2D eigenvalue weighted by molar-refractivity contribution is -0.137. The van der Waals surface area contributed by atoms with Crippen LogP contribution in [0.5, 0.6) is 0 Å². The first-order valence-corrected chi connectivity index (χ1v) is 8.12. The molecule has 1 saturated heterocycles. The number of amides is 1. The molecule has 3 fully saturated rings. The average molecular weight is 286 g/mol. The first-order valence-electron chi connectivity index (χ1n) is 8.12. The van der Waals surface area contributed by atoms with Crippen LogP contribution in [-0.4, -0.2) is 47.0 Å². The van der Waals surface area contributed by atoms with Gasteiger partial charge >= 0.3 is 0 Å². The zero-order valence-corrected chi connectivity index (χ0v) is 12.3. The minimum Gasteiger partial charge on any atom is -0.339 e. The van der Waals surface area contributed by atoms with Gasteiger partial charge in [0, 0.05) is 44.5 Å². The second-order valence-electron chi connectivity index (χ2n) is 6.64. The van der Waals surface area contributed by atoms with Crippen molar-refractivity contribution in [2.45, 2.75) is 25.7 Å². The lowest BCUT2D eigenvalue weighted by atomic mass is 9.87. The monoisotopic (exact) mass is 286 g/mol. The third kappa shape index (κ3) is 2.39. The van der Waals surface area contributed by atoms with Gasteiger partial charge in [-0.3, -0.25) is 4.79 Å². The molecule has 0 unspecified atom stereocenters. The molecule has 21 heavy (non-hydrogen) atoms. The highest BCUT2D eigenvalue weighted by Gasteiger charge is 2.44. The van der Waals surface area contributed by atoms with Crippen LogP contribution in [-0.2, 0) is 4.79 Å². The number of hydrogen-bond donors (Lipinski definition) is 0. The molecular weight excluding hydrogens is 264 g/mol. The van der Waals surface area contributed by atoms with E-state index in [1.807, 2.05) is 6.07 Å². The van der Waals surface area contributed by atoms with E-state index in [-0.39, 0.29) is 0 Å². The highest BCUT2D eigenvalue weighted by atomic mass is 16.2. The quantitative estimate of drug-likeness (QED) is 0.828. The largest absolute Gasteiger partial charge is 0.339 e.